The van der Waals surface area contributed by atoms with Crippen LogP contribution in [0.15, 0.2) is 35.0 Å². The van der Waals surface area contributed by atoms with E-state index in [-0.39, 0.29) is 0 Å². The van der Waals surface area contributed by atoms with E-state index >= 15 is 0 Å². The summed E-state index contributed by atoms with van der Waals surface area (Å²) in [5, 5.41) is 7.48. The van der Waals surface area contributed by atoms with Crippen LogP contribution in [0, 0.1) is 0 Å². The topological polar surface area (TPSA) is 30.5 Å². The van der Waals surface area contributed by atoms with Crippen molar-refractivity contribution < 1.29 is 9.47 Å². The number of methoxy groups -OCH3 is 1. The zero-order valence-corrected chi connectivity index (χ0v) is 12.1. The van der Waals surface area contributed by atoms with Crippen LogP contribution in [0.5, 0.6) is 11.5 Å². The molecule has 2 aromatic rings. The van der Waals surface area contributed by atoms with Crippen LogP contribution in [0.4, 0.5) is 0 Å². The maximum absolute atomic E-state index is 5.91. The van der Waals surface area contributed by atoms with Crippen molar-refractivity contribution >= 4 is 11.3 Å². The first-order valence-electron chi connectivity index (χ1n) is 6.35. The predicted molar refractivity (Wildman–Crippen MR) is 79.0 cm³/mol. The number of benzene rings is 1. The molecule has 0 aliphatic carbocycles. The van der Waals surface area contributed by atoms with E-state index in [0.29, 0.717) is 6.61 Å². The Labute approximate surface area is 118 Å². The molecule has 0 aliphatic rings. The van der Waals surface area contributed by atoms with E-state index in [1.54, 1.807) is 18.4 Å². The van der Waals surface area contributed by atoms with Crippen molar-refractivity contribution in [3.8, 4) is 11.5 Å². The van der Waals surface area contributed by atoms with Crippen LogP contribution in [0.3, 0.4) is 0 Å². The van der Waals surface area contributed by atoms with E-state index < -0.39 is 0 Å². The van der Waals surface area contributed by atoms with Crippen molar-refractivity contribution in [2.45, 2.75) is 20.1 Å². The molecular weight excluding hydrogens is 258 g/mol. The molecule has 0 amide bonds. The molecular formula is C15H19NO2S. The van der Waals surface area contributed by atoms with Crippen LogP contribution < -0.4 is 14.8 Å². The number of rotatable bonds is 7. The summed E-state index contributed by atoms with van der Waals surface area (Å²) in [6.07, 6.45) is 0. The highest BCUT2D eigenvalue weighted by Gasteiger charge is 2.06. The molecule has 1 aromatic heterocycles. The van der Waals surface area contributed by atoms with E-state index in [1.165, 1.54) is 5.56 Å². The highest BCUT2D eigenvalue weighted by atomic mass is 32.1. The van der Waals surface area contributed by atoms with Gasteiger partial charge in [0.25, 0.3) is 0 Å². The summed E-state index contributed by atoms with van der Waals surface area (Å²) in [6, 6.07) is 8.03. The third kappa shape index (κ3) is 3.98. The Bertz CT molecular complexity index is 497. The van der Waals surface area contributed by atoms with Gasteiger partial charge in [0, 0.05) is 18.2 Å². The summed E-state index contributed by atoms with van der Waals surface area (Å²) >= 11 is 1.68. The van der Waals surface area contributed by atoms with Gasteiger partial charge in [-0.05, 0) is 35.0 Å². The minimum Gasteiger partial charge on any atom is -0.497 e. The molecule has 4 heteroatoms. The third-order valence-corrected chi connectivity index (χ3v) is 3.55. The van der Waals surface area contributed by atoms with Crippen molar-refractivity contribution in [2.75, 3.05) is 13.7 Å². The Morgan fingerprint density at radius 3 is 2.84 bits per heavy atom. The van der Waals surface area contributed by atoms with Crippen LogP contribution >= 0.6 is 11.3 Å². The fourth-order valence-electron chi connectivity index (χ4n) is 1.74. The maximum atomic E-state index is 5.91. The average Bonchev–Trinajstić information content (AvgIpc) is 2.96. The standard InChI is InChI=1S/C15H19NO2S/c1-3-16-9-13-4-5-14(17-2)8-15(13)18-10-12-6-7-19-11-12/h4-8,11,16H,3,9-10H2,1-2H3. The van der Waals surface area contributed by atoms with Gasteiger partial charge in [-0.15, -0.1) is 0 Å². The molecule has 0 bridgehead atoms. The van der Waals surface area contributed by atoms with E-state index in [4.69, 9.17) is 9.47 Å². The van der Waals surface area contributed by atoms with E-state index in [9.17, 15) is 0 Å². The predicted octanol–water partition coefficient (Wildman–Crippen LogP) is 3.45. The highest BCUT2D eigenvalue weighted by molar-refractivity contribution is 7.07. The molecule has 0 aliphatic heterocycles. The fourth-order valence-corrected chi connectivity index (χ4v) is 2.39. The first-order chi connectivity index (χ1) is 9.33. The molecule has 0 fully saturated rings. The van der Waals surface area contributed by atoms with Crippen molar-refractivity contribution in [1.29, 1.82) is 0 Å². The van der Waals surface area contributed by atoms with Crippen molar-refractivity contribution in [3.05, 3.63) is 46.2 Å². The summed E-state index contributed by atoms with van der Waals surface area (Å²) in [7, 11) is 1.67. The van der Waals surface area contributed by atoms with Crippen molar-refractivity contribution in [2.24, 2.45) is 0 Å². The van der Waals surface area contributed by atoms with Crippen LogP contribution in [-0.2, 0) is 13.2 Å². The largest absolute Gasteiger partial charge is 0.497 e. The Balaban J connectivity index is 2.10. The molecule has 1 N–H and O–H groups in total. The molecule has 0 saturated carbocycles. The number of hydrogen-bond acceptors (Lipinski definition) is 4. The van der Waals surface area contributed by atoms with E-state index in [2.05, 4.69) is 29.1 Å². The lowest BCUT2D eigenvalue weighted by molar-refractivity contribution is 0.300. The molecule has 0 saturated heterocycles. The Hall–Kier alpha value is -1.52. The molecule has 3 nitrogen and oxygen atoms in total. The average molecular weight is 277 g/mol. The van der Waals surface area contributed by atoms with Crippen LogP contribution in [0.25, 0.3) is 0 Å². The molecule has 102 valence electrons. The summed E-state index contributed by atoms with van der Waals surface area (Å²) in [6.45, 7) is 4.43. The van der Waals surface area contributed by atoms with Crippen molar-refractivity contribution in [1.82, 2.24) is 5.32 Å². The number of nitrogens with one attached hydrogen (secondary N) is 1. The van der Waals surface area contributed by atoms with Gasteiger partial charge in [-0.2, -0.15) is 11.3 Å². The van der Waals surface area contributed by atoms with Crippen molar-refractivity contribution in [3.63, 3.8) is 0 Å². The van der Waals surface area contributed by atoms with Crippen LogP contribution in [0.2, 0.25) is 0 Å². The number of hydrogen-bond donors (Lipinski definition) is 1. The molecule has 19 heavy (non-hydrogen) atoms. The normalized spacial score (nSPS) is 10.4. The summed E-state index contributed by atoms with van der Waals surface area (Å²) in [4.78, 5) is 0. The zero-order valence-electron chi connectivity index (χ0n) is 11.3. The lowest BCUT2D eigenvalue weighted by atomic mass is 10.2. The minimum atomic E-state index is 0.593. The fraction of sp³-hybridized carbons (Fsp3) is 0.333. The molecule has 0 spiro atoms. The van der Waals surface area contributed by atoms with Gasteiger partial charge in [0.05, 0.1) is 7.11 Å². The van der Waals surface area contributed by atoms with E-state index in [0.717, 1.165) is 30.2 Å². The smallest absolute Gasteiger partial charge is 0.127 e. The molecule has 0 radical (unpaired) electrons. The SMILES string of the molecule is CCNCc1ccc(OC)cc1OCc1ccsc1. The Kier molecular flexibility index (Phi) is 5.24. The lowest BCUT2D eigenvalue weighted by Crippen LogP contribution is -2.13. The maximum Gasteiger partial charge on any atom is 0.127 e. The minimum absolute atomic E-state index is 0.593. The molecule has 0 unspecified atom stereocenters. The molecule has 2 rings (SSSR count). The van der Waals surface area contributed by atoms with Gasteiger partial charge in [0.2, 0.25) is 0 Å². The summed E-state index contributed by atoms with van der Waals surface area (Å²) in [5.41, 5.74) is 2.35. The lowest BCUT2D eigenvalue weighted by Gasteiger charge is -2.13. The van der Waals surface area contributed by atoms with Gasteiger partial charge >= 0.3 is 0 Å². The van der Waals surface area contributed by atoms with Crippen LogP contribution in [0.1, 0.15) is 18.1 Å². The first kappa shape index (κ1) is 13.9. The van der Waals surface area contributed by atoms with E-state index in [1.807, 2.05) is 18.2 Å². The quantitative estimate of drug-likeness (QED) is 0.841. The zero-order chi connectivity index (χ0) is 13.5. The van der Waals surface area contributed by atoms with Crippen LogP contribution in [-0.4, -0.2) is 13.7 Å². The number of thiophene rings is 1. The van der Waals surface area contributed by atoms with Gasteiger partial charge in [-0.1, -0.05) is 13.0 Å². The van der Waals surface area contributed by atoms with Gasteiger partial charge in [-0.3, -0.25) is 0 Å². The van der Waals surface area contributed by atoms with Gasteiger partial charge in [-0.25, -0.2) is 0 Å². The monoisotopic (exact) mass is 277 g/mol. The molecule has 1 aromatic carbocycles. The van der Waals surface area contributed by atoms with Gasteiger partial charge < -0.3 is 14.8 Å². The van der Waals surface area contributed by atoms with Gasteiger partial charge in [0.15, 0.2) is 0 Å². The number of ether oxygens (including phenoxy) is 2. The summed E-state index contributed by atoms with van der Waals surface area (Å²) in [5.74, 6) is 1.70. The highest BCUT2D eigenvalue weighted by Crippen LogP contribution is 2.26. The Morgan fingerprint density at radius 1 is 1.26 bits per heavy atom. The summed E-state index contributed by atoms with van der Waals surface area (Å²) < 4.78 is 11.2. The second kappa shape index (κ2) is 7.16. The van der Waals surface area contributed by atoms with Gasteiger partial charge in [0.1, 0.15) is 18.1 Å². The second-order valence-electron chi connectivity index (χ2n) is 4.17. The Morgan fingerprint density at radius 2 is 2.16 bits per heavy atom. The second-order valence-corrected chi connectivity index (χ2v) is 4.95. The third-order valence-electron chi connectivity index (χ3n) is 2.81. The molecule has 1 heterocycles. The first-order valence-corrected chi connectivity index (χ1v) is 7.29. The molecule has 0 atom stereocenters.